The number of halogens is 1. The van der Waals surface area contributed by atoms with Gasteiger partial charge in [0.25, 0.3) is 11.3 Å². The molecule has 0 atom stereocenters. The van der Waals surface area contributed by atoms with E-state index in [1.807, 2.05) is 6.07 Å². The summed E-state index contributed by atoms with van der Waals surface area (Å²) in [6.45, 7) is 0. The first-order chi connectivity index (χ1) is 10.2. The Morgan fingerprint density at radius 2 is 2.05 bits per heavy atom. The molecule has 102 valence electrons. The van der Waals surface area contributed by atoms with E-state index in [0.29, 0.717) is 27.4 Å². The minimum absolute atomic E-state index is 0.181. The highest BCUT2D eigenvalue weighted by molar-refractivity contribution is 6.30. The van der Waals surface area contributed by atoms with E-state index in [0.717, 1.165) is 0 Å². The second kappa shape index (κ2) is 4.39. The fourth-order valence-corrected chi connectivity index (χ4v) is 2.48. The van der Waals surface area contributed by atoms with Crippen molar-refractivity contribution in [3.8, 4) is 5.69 Å². The van der Waals surface area contributed by atoms with Gasteiger partial charge in [-0.15, -0.1) is 0 Å². The summed E-state index contributed by atoms with van der Waals surface area (Å²) in [5, 5.41) is 5.12. The van der Waals surface area contributed by atoms with Crippen molar-refractivity contribution in [1.82, 2.24) is 24.1 Å². The first-order valence-electron chi connectivity index (χ1n) is 6.20. The van der Waals surface area contributed by atoms with Crippen LogP contribution in [0.1, 0.15) is 0 Å². The molecule has 0 amide bonds. The van der Waals surface area contributed by atoms with Gasteiger partial charge in [-0.3, -0.25) is 9.36 Å². The van der Waals surface area contributed by atoms with Gasteiger partial charge in [-0.1, -0.05) is 17.7 Å². The van der Waals surface area contributed by atoms with Crippen LogP contribution in [0.3, 0.4) is 0 Å². The molecule has 1 aromatic carbocycles. The van der Waals surface area contributed by atoms with E-state index in [1.54, 1.807) is 35.0 Å². The normalized spacial score (nSPS) is 11.3. The predicted octanol–water partition coefficient (Wildman–Crippen LogP) is 2.08. The van der Waals surface area contributed by atoms with Gasteiger partial charge < -0.3 is 0 Å². The summed E-state index contributed by atoms with van der Waals surface area (Å²) in [7, 11) is 0. The van der Waals surface area contributed by atoms with E-state index in [1.165, 1.54) is 17.1 Å². The van der Waals surface area contributed by atoms with Gasteiger partial charge in [-0.05, 0) is 24.3 Å². The second-order valence-electron chi connectivity index (χ2n) is 4.50. The Morgan fingerprint density at radius 3 is 2.90 bits per heavy atom. The molecule has 0 N–H and O–H groups in total. The topological polar surface area (TPSA) is 65.1 Å². The molecule has 0 aliphatic rings. The average Bonchev–Trinajstić information content (AvgIpc) is 2.96. The molecule has 4 aromatic rings. The van der Waals surface area contributed by atoms with Crippen LogP contribution in [0.2, 0.25) is 5.02 Å². The zero-order valence-electron chi connectivity index (χ0n) is 10.6. The minimum atomic E-state index is -0.181. The maximum absolute atomic E-state index is 12.6. The molecule has 0 fully saturated rings. The van der Waals surface area contributed by atoms with Gasteiger partial charge in [0, 0.05) is 17.4 Å². The molecule has 0 aliphatic heterocycles. The van der Waals surface area contributed by atoms with Crippen LogP contribution in [0, 0.1) is 0 Å². The molecule has 3 aromatic heterocycles. The number of hydrogen-bond donors (Lipinski definition) is 0. The van der Waals surface area contributed by atoms with Crippen LogP contribution in [0.25, 0.3) is 22.4 Å². The number of nitrogens with zero attached hydrogens (tertiary/aromatic N) is 5. The van der Waals surface area contributed by atoms with Crippen molar-refractivity contribution in [3.63, 3.8) is 0 Å². The molecule has 7 heteroatoms. The summed E-state index contributed by atoms with van der Waals surface area (Å²) >= 11 is 5.98. The third-order valence-electron chi connectivity index (χ3n) is 3.26. The van der Waals surface area contributed by atoms with Gasteiger partial charge in [0.15, 0.2) is 0 Å². The number of benzene rings is 1. The Bertz CT molecular complexity index is 1040. The van der Waals surface area contributed by atoms with Crippen molar-refractivity contribution >= 4 is 28.3 Å². The lowest BCUT2D eigenvalue weighted by atomic mass is 10.2. The van der Waals surface area contributed by atoms with Crippen LogP contribution in [0.4, 0.5) is 0 Å². The number of pyridine rings is 1. The average molecular weight is 298 g/mol. The van der Waals surface area contributed by atoms with Crippen molar-refractivity contribution in [2.75, 3.05) is 0 Å². The fraction of sp³-hybridized carbons (Fsp3) is 0. The maximum Gasteiger partial charge on any atom is 0.266 e. The van der Waals surface area contributed by atoms with Crippen LogP contribution in [0.5, 0.6) is 0 Å². The molecule has 0 saturated heterocycles. The zero-order valence-corrected chi connectivity index (χ0v) is 11.4. The van der Waals surface area contributed by atoms with Gasteiger partial charge in [-0.2, -0.15) is 14.6 Å². The fourth-order valence-electron chi connectivity index (χ4n) is 2.29. The number of rotatable bonds is 1. The number of aromatic nitrogens is 5. The summed E-state index contributed by atoms with van der Waals surface area (Å²) in [6.07, 6.45) is 4.62. The molecule has 0 spiro atoms. The largest absolute Gasteiger partial charge is 0.284 e. The monoisotopic (exact) mass is 297 g/mol. The van der Waals surface area contributed by atoms with Crippen LogP contribution in [-0.4, -0.2) is 24.1 Å². The third kappa shape index (κ3) is 1.80. The molecule has 4 rings (SSSR count). The maximum atomic E-state index is 12.6. The Labute approximate surface area is 123 Å². The molecule has 0 radical (unpaired) electrons. The zero-order chi connectivity index (χ0) is 14.4. The SMILES string of the molecule is O=c1c2cnc3ncnn3c2ccn1-c1cccc(Cl)c1. The lowest BCUT2D eigenvalue weighted by Gasteiger charge is -2.07. The van der Waals surface area contributed by atoms with Gasteiger partial charge in [0.1, 0.15) is 6.33 Å². The van der Waals surface area contributed by atoms with Crippen molar-refractivity contribution in [1.29, 1.82) is 0 Å². The first-order valence-corrected chi connectivity index (χ1v) is 6.58. The van der Waals surface area contributed by atoms with Gasteiger partial charge in [0.2, 0.25) is 0 Å². The molecule has 3 heterocycles. The molecular formula is C14H8ClN5O. The van der Waals surface area contributed by atoms with Gasteiger partial charge >= 0.3 is 0 Å². The molecule has 6 nitrogen and oxygen atoms in total. The van der Waals surface area contributed by atoms with Crippen LogP contribution >= 0.6 is 11.6 Å². The third-order valence-corrected chi connectivity index (χ3v) is 3.50. The number of hydrogen-bond acceptors (Lipinski definition) is 4. The van der Waals surface area contributed by atoms with Crippen LogP contribution in [0.15, 0.2) is 53.8 Å². The van der Waals surface area contributed by atoms with Crippen molar-refractivity contribution < 1.29 is 0 Å². The predicted molar refractivity (Wildman–Crippen MR) is 78.9 cm³/mol. The summed E-state index contributed by atoms with van der Waals surface area (Å²) in [6, 6.07) is 8.92. The van der Waals surface area contributed by atoms with Gasteiger partial charge in [0.05, 0.1) is 16.6 Å². The first kappa shape index (κ1) is 12.0. The highest BCUT2D eigenvalue weighted by Gasteiger charge is 2.09. The van der Waals surface area contributed by atoms with E-state index in [2.05, 4.69) is 15.1 Å². The van der Waals surface area contributed by atoms with Crippen molar-refractivity contribution in [2.45, 2.75) is 0 Å². The highest BCUT2D eigenvalue weighted by Crippen LogP contribution is 2.15. The van der Waals surface area contributed by atoms with Gasteiger partial charge in [-0.25, -0.2) is 4.98 Å². The lowest BCUT2D eigenvalue weighted by molar-refractivity contribution is 0.958. The van der Waals surface area contributed by atoms with E-state index in [-0.39, 0.29) is 5.56 Å². The van der Waals surface area contributed by atoms with Crippen molar-refractivity contribution in [3.05, 3.63) is 64.4 Å². The Kier molecular flexibility index (Phi) is 2.52. The molecule has 0 unspecified atom stereocenters. The molecule has 0 bridgehead atoms. The molecular weight excluding hydrogens is 290 g/mol. The van der Waals surface area contributed by atoms with Crippen molar-refractivity contribution in [2.24, 2.45) is 0 Å². The quantitative estimate of drug-likeness (QED) is 0.539. The summed E-state index contributed by atoms with van der Waals surface area (Å²) in [4.78, 5) is 20.8. The van der Waals surface area contributed by atoms with E-state index in [4.69, 9.17) is 11.6 Å². The Hall–Kier alpha value is -2.73. The summed E-state index contributed by atoms with van der Waals surface area (Å²) in [5.74, 6) is 0.461. The minimum Gasteiger partial charge on any atom is -0.284 e. The highest BCUT2D eigenvalue weighted by atomic mass is 35.5. The van der Waals surface area contributed by atoms with E-state index < -0.39 is 0 Å². The van der Waals surface area contributed by atoms with E-state index >= 15 is 0 Å². The Morgan fingerprint density at radius 1 is 1.14 bits per heavy atom. The summed E-state index contributed by atoms with van der Waals surface area (Å²) < 4.78 is 3.07. The second-order valence-corrected chi connectivity index (χ2v) is 4.94. The lowest BCUT2D eigenvalue weighted by Crippen LogP contribution is -2.18. The molecule has 0 aliphatic carbocycles. The summed E-state index contributed by atoms with van der Waals surface area (Å²) in [5.41, 5.74) is 1.19. The molecule has 0 saturated carbocycles. The Balaban J connectivity index is 2.07. The standard InChI is InChI=1S/C14H8ClN5O/c15-9-2-1-3-10(6-9)19-5-4-12-11(13(19)21)7-16-14-17-8-18-20(12)14/h1-8H. The van der Waals surface area contributed by atoms with Crippen LogP contribution < -0.4 is 5.56 Å². The van der Waals surface area contributed by atoms with E-state index in [9.17, 15) is 4.79 Å². The molecule has 21 heavy (non-hydrogen) atoms. The number of fused-ring (bicyclic) bond motifs is 3. The smallest absolute Gasteiger partial charge is 0.266 e. The van der Waals surface area contributed by atoms with Crippen LogP contribution in [-0.2, 0) is 0 Å².